The molecule has 0 radical (unpaired) electrons. The first kappa shape index (κ1) is 14.4. The zero-order valence-corrected chi connectivity index (χ0v) is 10.2. The van der Waals surface area contributed by atoms with Crippen LogP contribution in [0.5, 0.6) is 0 Å². The fourth-order valence-corrected chi connectivity index (χ4v) is 2.39. The summed E-state index contributed by atoms with van der Waals surface area (Å²) in [5.41, 5.74) is -0.722. The van der Waals surface area contributed by atoms with E-state index in [1.165, 1.54) is 0 Å². The number of sulfonamides is 1. The minimum absolute atomic E-state index is 0.00103. The molecule has 1 aromatic rings. The molecule has 0 aliphatic rings. The highest BCUT2D eigenvalue weighted by Crippen LogP contribution is 2.26. The van der Waals surface area contributed by atoms with Gasteiger partial charge in [0.1, 0.15) is 6.54 Å². The Balaban J connectivity index is 3.24. The summed E-state index contributed by atoms with van der Waals surface area (Å²) in [7, 11) is -4.28. The van der Waals surface area contributed by atoms with Crippen molar-refractivity contribution in [3.8, 4) is 0 Å². The second-order valence-electron chi connectivity index (χ2n) is 3.09. The normalized spacial score (nSPS) is 11.2. The molecule has 0 heterocycles. The number of carbonyl (C=O) groups is 1. The van der Waals surface area contributed by atoms with E-state index in [2.05, 4.69) is 0 Å². The highest BCUT2D eigenvalue weighted by molar-refractivity contribution is 7.89. The van der Waals surface area contributed by atoms with Crippen LogP contribution in [0, 0.1) is 10.1 Å². The van der Waals surface area contributed by atoms with Crippen molar-refractivity contribution < 1.29 is 23.2 Å². The molecule has 0 fully saturated rings. The molecule has 1 rings (SSSR count). The molecule has 2 N–H and O–H groups in total. The maximum Gasteiger partial charge on any atom is 0.318 e. The number of hydrogen-bond acceptors (Lipinski definition) is 5. The van der Waals surface area contributed by atoms with Crippen molar-refractivity contribution in [2.45, 2.75) is 4.90 Å². The fourth-order valence-electron chi connectivity index (χ4n) is 1.09. The standard InChI is InChI=1S/C8H7ClN2O6S/c9-5-1-2-7(6(3-5)11(14)15)18(16,17)10-4-8(12)13/h1-3,10H,4H2,(H,12,13). The van der Waals surface area contributed by atoms with Crippen LogP contribution in [0.3, 0.4) is 0 Å². The Bertz CT molecular complexity index is 600. The van der Waals surface area contributed by atoms with Crippen molar-refractivity contribution in [1.82, 2.24) is 4.72 Å². The van der Waals surface area contributed by atoms with E-state index in [9.17, 15) is 23.3 Å². The molecule has 0 aromatic heterocycles. The van der Waals surface area contributed by atoms with Gasteiger partial charge in [0.05, 0.1) is 4.92 Å². The third-order valence-corrected chi connectivity index (χ3v) is 3.50. The number of aliphatic carboxylic acids is 1. The Labute approximate surface area is 106 Å². The Morgan fingerprint density at radius 1 is 1.50 bits per heavy atom. The number of carboxylic acids is 1. The smallest absolute Gasteiger partial charge is 0.318 e. The van der Waals surface area contributed by atoms with Crippen molar-refractivity contribution in [2.24, 2.45) is 0 Å². The van der Waals surface area contributed by atoms with E-state index in [1.807, 2.05) is 0 Å². The second kappa shape index (κ2) is 5.29. The molecule has 18 heavy (non-hydrogen) atoms. The average Bonchev–Trinajstić information content (AvgIpc) is 2.26. The van der Waals surface area contributed by atoms with Gasteiger partial charge >= 0.3 is 5.97 Å². The van der Waals surface area contributed by atoms with Gasteiger partial charge in [-0.2, -0.15) is 4.72 Å². The minimum Gasteiger partial charge on any atom is -0.480 e. The number of nitro groups is 1. The predicted octanol–water partition coefficient (Wildman–Crippen LogP) is 0.611. The van der Waals surface area contributed by atoms with Gasteiger partial charge in [-0.3, -0.25) is 14.9 Å². The Kier molecular flexibility index (Phi) is 4.22. The maximum absolute atomic E-state index is 11.7. The summed E-state index contributed by atoms with van der Waals surface area (Å²) in [6.45, 7) is -0.873. The SMILES string of the molecule is O=C(O)CNS(=O)(=O)c1ccc(Cl)cc1[N+](=O)[O-]. The largest absolute Gasteiger partial charge is 0.480 e. The van der Waals surface area contributed by atoms with Gasteiger partial charge in [0, 0.05) is 11.1 Å². The highest BCUT2D eigenvalue weighted by Gasteiger charge is 2.26. The molecule has 0 amide bonds. The monoisotopic (exact) mass is 294 g/mol. The lowest BCUT2D eigenvalue weighted by Gasteiger charge is -2.05. The lowest BCUT2D eigenvalue weighted by molar-refractivity contribution is -0.387. The summed E-state index contributed by atoms with van der Waals surface area (Å²) in [5.74, 6) is -1.41. The third-order valence-electron chi connectivity index (χ3n) is 1.82. The van der Waals surface area contributed by atoms with Gasteiger partial charge in [0.2, 0.25) is 10.0 Å². The molecule has 0 saturated carbocycles. The number of nitrogens with one attached hydrogen (secondary N) is 1. The van der Waals surface area contributed by atoms with Crippen LogP contribution in [0.2, 0.25) is 5.02 Å². The molecule has 98 valence electrons. The van der Waals surface area contributed by atoms with Crippen LogP contribution < -0.4 is 4.72 Å². The van der Waals surface area contributed by atoms with E-state index in [0.29, 0.717) is 0 Å². The quantitative estimate of drug-likeness (QED) is 0.605. The van der Waals surface area contributed by atoms with E-state index < -0.39 is 38.0 Å². The first-order valence-electron chi connectivity index (χ1n) is 4.39. The van der Waals surface area contributed by atoms with Crippen molar-refractivity contribution in [2.75, 3.05) is 6.54 Å². The van der Waals surface area contributed by atoms with E-state index in [1.54, 1.807) is 4.72 Å². The number of halogens is 1. The lowest BCUT2D eigenvalue weighted by atomic mass is 10.3. The number of benzene rings is 1. The van der Waals surface area contributed by atoms with E-state index in [-0.39, 0.29) is 5.02 Å². The van der Waals surface area contributed by atoms with Gasteiger partial charge in [-0.15, -0.1) is 0 Å². The molecule has 0 aliphatic carbocycles. The molecular weight excluding hydrogens is 288 g/mol. The summed E-state index contributed by atoms with van der Waals surface area (Å²) >= 11 is 5.52. The number of carboxylic acid groups (broad SMARTS) is 1. The average molecular weight is 295 g/mol. The van der Waals surface area contributed by atoms with Crippen LogP contribution >= 0.6 is 11.6 Å². The van der Waals surface area contributed by atoms with Gasteiger partial charge in [0.15, 0.2) is 4.90 Å². The van der Waals surface area contributed by atoms with Gasteiger partial charge < -0.3 is 5.11 Å². The van der Waals surface area contributed by atoms with Crippen molar-refractivity contribution in [3.63, 3.8) is 0 Å². The number of nitro benzene ring substituents is 1. The highest BCUT2D eigenvalue weighted by atomic mass is 35.5. The zero-order valence-electron chi connectivity index (χ0n) is 8.66. The maximum atomic E-state index is 11.7. The van der Waals surface area contributed by atoms with Crippen molar-refractivity contribution in [3.05, 3.63) is 33.3 Å². The van der Waals surface area contributed by atoms with Crippen LogP contribution in [0.1, 0.15) is 0 Å². The predicted molar refractivity (Wildman–Crippen MR) is 60.9 cm³/mol. The first-order valence-corrected chi connectivity index (χ1v) is 6.25. The van der Waals surface area contributed by atoms with Gasteiger partial charge in [0.25, 0.3) is 5.69 Å². The number of hydrogen-bond donors (Lipinski definition) is 2. The minimum atomic E-state index is -4.28. The molecular formula is C8H7ClN2O6S. The molecule has 1 aromatic carbocycles. The molecule has 0 bridgehead atoms. The molecule has 0 atom stereocenters. The number of nitrogens with zero attached hydrogens (tertiary/aromatic N) is 1. The van der Waals surface area contributed by atoms with Crippen LogP contribution in [0.25, 0.3) is 0 Å². The van der Waals surface area contributed by atoms with Gasteiger partial charge in [-0.1, -0.05) is 11.6 Å². The van der Waals surface area contributed by atoms with E-state index >= 15 is 0 Å². The lowest BCUT2D eigenvalue weighted by Crippen LogP contribution is -2.29. The molecule has 0 saturated heterocycles. The van der Waals surface area contributed by atoms with Crippen molar-refractivity contribution >= 4 is 33.3 Å². The Hall–Kier alpha value is -1.71. The molecule has 0 unspecified atom stereocenters. The summed E-state index contributed by atoms with van der Waals surface area (Å²) in [6.07, 6.45) is 0. The summed E-state index contributed by atoms with van der Waals surface area (Å²) in [5, 5.41) is 19.1. The molecule has 0 spiro atoms. The summed E-state index contributed by atoms with van der Waals surface area (Å²) < 4.78 is 25.0. The van der Waals surface area contributed by atoms with E-state index in [0.717, 1.165) is 18.2 Å². The molecule has 8 nitrogen and oxygen atoms in total. The summed E-state index contributed by atoms with van der Waals surface area (Å²) in [4.78, 5) is 19.4. The van der Waals surface area contributed by atoms with Gasteiger partial charge in [-0.25, -0.2) is 8.42 Å². The van der Waals surface area contributed by atoms with E-state index in [4.69, 9.17) is 16.7 Å². The van der Waals surface area contributed by atoms with Crippen LogP contribution in [-0.4, -0.2) is 31.0 Å². The molecule has 0 aliphatic heterocycles. The second-order valence-corrected chi connectivity index (χ2v) is 5.26. The Morgan fingerprint density at radius 2 is 2.11 bits per heavy atom. The topological polar surface area (TPSA) is 127 Å². The Morgan fingerprint density at radius 3 is 2.61 bits per heavy atom. The fraction of sp³-hybridized carbons (Fsp3) is 0.125. The third kappa shape index (κ3) is 3.39. The van der Waals surface area contributed by atoms with Crippen LogP contribution in [0.15, 0.2) is 23.1 Å². The van der Waals surface area contributed by atoms with Gasteiger partial charge in [-0.05, 0) is 12.1 Å². The number of rotatable bonds is 5. The zero-order chi connectivity index (χ0) is 13.9. The molecule has 10 heteroatoms. The first-order chi connectivity index (χ1) is 8.24. The van der Waals surface area contributed by atoms with Crippen molar-refractivity contribution in [1.29, 1.82) is 0 Å². The van der Waals surface area contributed by atoms with Crippen LogP contribution in [0.4, 0.5) is 5.69 Å². The summed E-state index contributed by atoms with van der Waals surface area (Å²) in [6, 6.07) is 2.96. The van der Waals surface area contributed by atoms with Crippen LogP contribution in [-0.2, 0) is 14.8 Å².